The van der Waals surface area contributed by atoms with Gasteiger partial charge in [0.2, 0.25) is 11.9 Å². The van der Waals surface area contributed by atoms with E-state index in [1.165, 1.54) is 33.5 Å². The minimum absolute atomic E-state index is 0.0801. The largest absolute Gasteiger partial charge is 0.694 e. The lowest BCUT2D eigenvalue weighted by Crippen LogP contribution is -2.32. The van der Waals surface area contributed by atoms with Crippen LogP contribution < -0.4 is 56.9 Å². The molecule has 12 rings (SSSR count). The lowest BCUT2D eigenvalue weighted by molar-refractivity contribution is -0.0642. The maximum absolute atomic E-state index is 14.2. The van der Waals surface area contributed by atoms with Gasteiger partial charge in [0, 0.05) is 55.3 Å². The van der Waals surface area contributed by atoms with Crippen molar-refractivity contribution in [2.75, 3.05) is 61.7 Å². The Morgan fingerprint density at radius 1 is 0.465 bits per heavy atom. The van der Waals surface area contributed by atoms with Crippen molar-refractivity contribution < 1.29 is 117 Å². The quantitative estimate of drug-likeness (QED) is 0.0224. The fourth-order valence-corrected chi connectivity index (χ4v) is 15.5. The van der Waals surface area contributed by atoms with Crippen LogP contribution >= 0.6 is 39.5 Å². The molecule has 5 aliphatic rings. The summed E-state index contributed by atoms with van der Waals surface area (Å²) in [5.74, 6) is -1.17. The van der Waals surface area contributed by atoms with E-state index in [0.29, 0.717) is 0 Å². The second-order valence-electron chi connectivity index (χ2n) is 22.7. The molecule has 0 radical (unpaired) electrons. The molecule has 20 atom stereocenters. The Bertz CT molecular complexity index is 4790. The standard InChI is InChI=1S/C47H60N19O30P5/c48-29-1-4-62(45(70)55-29)32-7-19(67)24(88-32)13-84-98(75,76)96-23-11-36(66-18-54-38-40(66)59-44(52)61-42(38)69)92-28(23)16-87-101(81,82)95-22-9-34(64-6-3-31(50)57-47(64)72)91-27(22)15-86-100(79,80)94-21-8-33(63-5-2-30(49)56-46(63)71)90-26(21)14-85-99(77,78)93-20-10-35(89-25(20)12-83-97(73)74)65-17-53-37-39(65)58-43(51)60-41(37)68/h1-6,17-28,32-36,67H,7-16H2,(H16-,48,49,50,51,52,55,56,57,58,59,60,61,68,69,70,71,72,73,74,75,76,77,78,79,80,81,82)/p+1/t19-,20-,21-,22-,23-,24+,25+,26+,27+,28+,32+,33+,34+,35+,36+/m0/s1. The molecule has 54 heteroatoms. The molecule has 0 aromatic carbocycles. The topological polar surface area (TPSA) is 698 Å². The van der Waals surface area contributed by atoms with E-state index in [0.717, 1.165) is 38.7 Å². The Morgan fingerprint density at radius 2 is 0.762 bits per heavy atom. The summed E-state index contributed by atoms with van der Waals surface area (Å²) in [4.78, 5) is 150. The highest BCUT2D eigenvalue weighted by atomic mass is 31.2. The van der Waals surface area contributed by atoms with E-state index in [4.69, 9.17) is 93.1 Å². The molecule has 5 aliphatic heterocycles. The van der Waals surface area contributed by atoms with E-state index in [1.54, 1.807) is 0 Å². The molecule has 0 bridgehead atoms. The summed E-state index contributed by atoms with van der Waals surface area (Å²) in [6.45, 7) is -4.70. The van der Waals surface area contributed by atoms with E-state index >= 15 is 0 Å². The molecule has 5 fully saturated rings. The number of hydrogen-bond donors (Lipinski definition) is 13. The molecule has 548 valence electrons. The molecule has 0 spiro atoms. The number of phosphoric ester groups is 4. The number of fused-ring (bicyclic) bond motifs is 2. The van der Waals surface area contributed by atoms with Crippen molar-refractivity contribution >= 4 is 91.2 Å². The number of nitrogens with two attached hydrogens (primary N) is 5. The monoisotopic (exact) mass is 1530 g/mol. The van der Waals surface area contributed by atoms with Gasteiger partial charge >= 0.3 is 56.6 Å². The van der Waals surface area contributed by atoms with Crippen molar-refractivity contribution in [3.05, 3.63) is 102 Å². The molecule has 0 amide bonds. The second kappa shape index (κ2) is 29.4. The highest BCUT2D eigenvalue weighted by Gasteiger charge is 2.50. The summed E-state index contributed by atoms with van der Waals surface area (Å²) in [6, 6.07) is 3.69. The number of H-pyrrole nitrogens is 2. The third-order valence-corrected chi connectivity index (χ3v) is 20.4. The third kappa shape index (κ3) is 17.1. The van der Waals surface area contributed by atoms with Crippen LogP contribution in [0.15, 0.2) is 73.4 Å². The first-order valence-electron chi connectivity index (χ1n) is 29.6. The van der Waals surface area contributed by atoms with Gasteiger partial charge in [-0.2, -0.15) is 24.9 Å². The second-order valence-corrected chi connectivity index (χ2v) is 29.1. The highest BCUT2D eigenvalue weighted by Crippen LogP contribution is 2.55. The maximum Gasteiger partial charge on any atom is 0.694 e. The average molecular weight is 1530 g/mol. The third-order valence-electron chi connectivity index (χ3n) is 16.0. The van der Waals surface area contributed by atoms with Gasteiger partial charge in [-0.3, -0.25) is 78.6 Å². The number of aliphatic hydroxyl groups is 1. The number of aromatic nitrogens is 14. The van der Waals surface area contributed by atoms with Crippen molar-refractivity contribution in [1.29, 1.82) is 0 Å². The van der Waals surface area contributed by atoms with Crippen molar-refractivity contribution in [3.8, 4) is 0 Å². The fraction of sp³-hybridized carbons (Fsp3) is 0.532. The highest BCUT2D eigenvalue weighted by molar-refractivity contribution is 7.48. The van der Waals surface area contributed by atoms with Gasteiger partial charge < -0.3 is 77.0 Å². The number of rotatable bonds is 28. The summed E-state index contributed by atoms with van der Waals surface area (Å²) in [5, 5.41) is 10.8. The zero-order chi connectivity index (χ0) is 72.2. The van der Waals surface area contributed by atoms with E-state index in [9.17, 15) is 76.4 Å². The Balaban J connectivity index is 0.733. The molecule has 7 aromatic heterocycles. The summed E-state index contributed by atoms with van der Waals surface area (Å²) in [7, 11) is -25.0. The molecule has 0 saturated carbocycles. The van der Waals surface area contributed by atoms with Crippen LogP contribution in [0, 0.1) is 0 Å². The van der Waals surface area contributed by atoms with Crippen LogP contribution in [0.2, 0.25) is 0 Å². The Hall–Kier alpha value is -7.44. The number of anilines is 5. The number of phosphoric acid groups is 4. The summed E-state index contributed by atoms with van der Waals surface area (Å²) < 4.78 is 151. The van der Waals surface area contributed by atoms with Gasteiger partial charge in [0.25, 0.3) is 11.1 Å². The van der Waals surface area contributed by atoms with E-state index in [2.05, 4.69) is 44.9 Å². The average Bonchev–Trinajstić information content (AvgIpc) is 1.89. The smallest absolute Gasteiger partial charge is 0.390 e. The van der Waals surface area contributed by atoms with E-state index < -0.39 is 212 Å². The summed E-state index contributed by atoms with van der Waals surface area (Å²) >= 11 is 0. The summed E-state index contributed by atoms with van der Waals surface area (Å²) in [5.41, 5.74) is 23.6. The van der Waals surface area contributed by atoms with Crippen LogP contribution in [0.25, 0.3) is 22.3 Å². The Labute approximate surface area is 561 Å². The molecule has 7 aromatic rings. The number of nitrogen functional groups attached to an aromatic ring is 5. The van der Waals surface area contributed by atoms with Gasteiger partial charge in [-0.15, -0.1) is 9.42 Å². The predicted molar refractivity (Wildman–Crippen MR) is 331 cm³/mol. The first-order chi connectivity index (χ1) is 47.7. The Kier molecular flexibility index (Phi) is 21.3. The molecule has 49 nitrogen and oxygen atoms in total. The number of nitrogens with one attached hydrogen (secondary N) is 2. The normalized spacial score (nSPS) is 29.4. The van der Waals surface area contributed by atoms with Crippen LogP contribution in [0.3, 0.4) is 0 Å². The Morgan fingerprint density at radius 3 is 1.09 bits per heavy atom. The fourth-order valence-electron chi connectivity index (χ4n) is 11.4. The van der Waals surface area contributed by atoms with Crippen LogP contribution in [0.1, 0.15) is 63.2 Å². The van der Waals surface area contributed by atoms with Crippen molar-refractivity contribution in [1.82, 2.24) is 67.7 Å². The molecule has 12 heterocycles. The van der Waals surface area contributed by atoms with E-state index in [1.807, 2.05) is 0 Å². The molecule has 101 heavy (non-hydrogen) atoms. The molecular formula is C47H61N19O30P5+. The maximum atomic E-state index is 14.2. The SMILES string of the molecule is Nc1ccn([C@H]2C[C@H](OP(=O)(O)OC[C@H]3O[C@@H](n4cnc5c(=O)[nH]c(N)nc54)C[C@@H]3OP(=O)(O)OC[C@H]3O[C@@H](n4ccc(N)nc4=O)C[C@@H]3O)[C@@H](COP(=O)(O)O[C@H]3C[C@H](n4ccc(N)nc4=O)O[C@@H]3COP(=O)(O)O[C@H]3C[C@H](n4cnc5c(=O)[nH]c(N)nc54)O[C@@H]3CO[P+](=O)O)O2)c(=O)n1. The first kappa shape index (κ1) is 73.3. The number of hydrogen-bond acceptors (Lipinski definition) is 37. The van der Waals surface area contributed by atoms with Crippen molar-refractivity contribution in [2.45, 2.75) is 124 Å². The zero-order valence-electron chi connectivity index (χ0n) is 51.3. The first-order valence-corrected chi connectivity index (χ1v) is 36.7. The van der Waals surface area contributed by atoms with Crippen LogP contribution in [-0.2, 0) is 87.2 Å². The summed E-state index contributed by atoms with van der Waals surface area (Å²) in [6.07, 6.45) is -18.5. The van der Waals surface area contributed by atoms with Crippen LogP contribution in [-0.4, -0.2) is 191 Å². The number of aromatic amines is 2. The molecule has 18 N–H and O–H groups in total. The zero-order valence-corrected chi connectivity index (χ0v) is 55.8. The van der Waals surface area contributed by atoms with Gasteiger partial charge in [0.05, 0.1) is 45.2 Å². The number of nitrogens with zero attached hydrogens (tertiary/aromatic N) is 12. The van der Waals surface area contributed by atoms with Crippen molar-refractivity contribution in [2.24, 2.45) is 0 Å². The van der Waals surface area contributed by atoms with Gasteiger partial charge in [-0.05, 0) is 18.2 Å². The van der Waals surface area contributed by atoms with Gasteiger partial charge in [0.1, 0.15) is 110 Å². The molecular weight excluding hydrogens is 1470 g/mol. The molecule has 0 aliphatic carbocycles. The van der Waals surface area contributed by atoms with Gasteiger partial charge in [-0.1, -0.05) is 0 Å². The molecule has 5 unspecified atom stereocenters. The van der Waals surface area contributed by atoms with Gasteiger partial charge in [0.15, 0.2) is 22.3 Å². The minimum Gasteiger partial charge on any atom is -0.390 e. The number of imidazole rings is 2. The number of ether oxygens (including phenoxy) is 5. The predicted octanol–water partition coefficient (Wildman–Crippen LogP) is -2.59. The van der Waals surface area contributed by atoms with Crippen LogP contribution in [0.4, 0.5) is 29.4 Å². The lowest BCUT2D eigenvalue weighted by Gasteiger charge is -2.25. The minimum atomic E-state index is -5.55. The van der Waals surface area contributed by atoms with Gasteiger partial charge in [-0.25, -0.2) is 42.6 Å². The number of aliphatic hydroxyl groups excluding tert-OH is 1. The lowest BCUT2D eigenvalue weighted by atomic mass is 10.2. The molecule has 5 saturated heterocycles. The van der Waals surface area contributed by atoms with Crippen molar-refractivity contribution in [3.63, 3.8) is 0 Å². The van der Waals surface area contributed by atoms with Crippen LogP contribution in [0.5, 0.6) is 0 Å². The van der Waals surface area contributed by atoms with E-state index in [-0.39, 0.29) is 64.5 Å².